The molecule has 0 amide bonds. The minimum Gasteiger partial charge on any atom is -0.339 e. The lowest BCUT2D eigenvalue weighted by Gasteiger charge is -2.11. The minimum absolute atomic E-state index is 0.170. The number of anilines is 1. The third-order valence-electron chi connectivity index (χ3n) is 4.17. The highest BCUT2D eigenvalue weighted by Crippen LogP contribution is 2.17. The fourth-order valence-corrected chi connectivity index (χ4v) is 3.49. The van der Waals surface area contributed by atoms with Gasteiger partial charge in [0.15, 0.2) is 5.84 Å². The van der Waals surface area contributed by atoms with Crippen molar-refractivity contribution < 1.29 is 8.42 Å². The van der Waals surface area contributed by atoms with E-state index in [2.05, 4.69) is 9.71 Å². The van der Waals surface area contributed by atoms with Crippen LogP contribution < -0.4 is 5.32 Å². The van der Waals surface area contributed by atoms with Crippen molar-refractivity contribution in [1.82, 2.24) is 0 Å². The summed E-state index contributed by atoms with van der Waals surface area (Å²) in [6.45, 7) is 5.90. The molecule has 0 saturated heterocycles. The molecular weight excluding hydrogens is 356 g/mol. The molecule has 1 N–H and O–H groups in total. The van der Waals surface area contributed by atoms with Crippen LogP contribution >= 0.6 is 0 Å². The van der Waals surface area contributed by atoms with Crippen molar-refractivity contribution in [2.75, 3.05) is 5.32 Å². The SMILES string of the molecule is Cc1ccc(N/C(=N/S(=O)(=O)c2ccc(C)cc2)c2ccc(C)cc2)cc1. The summed E-state index contributed by atoms with van der Waals surface area (Å²) in [5.41, 5.74) is 4.70. The van der Waals surface area contributed by atoms with Crippen molar-refractivity contribution in [1.29, 1.82) is 0 Å². The van der Waals surface area contributed by atoms with Gasteiger partial charge < -0.3 is 5.32 Å². The Labute approximate surface area is 160 Å². The number of hydrogen-bond acceptors (Lipinski definition) is 2. The topological polar surface area (TPSA) is 58.5 Å². The third kappa shape index (κ3) is 4.83. The first-order valence-electron chi connectivity index (χ1n) is 8.66. The Hall–Kier alpha value is -2.92. The van der Waals surface area contributed by atoms with Crippen LogP contribution in [0.25, 0.3) is 0 Å². The second-order valence-electron chi connectivity index (χ2n) is 6.59. The predicted molar refractivity (Wildman–Crippen MR) is 111 cm³/mol. The van der Waals surface area contributed by atoms with Crippen molar-refractivity contribution >= 4 is 21.5 Å². The quantitative estimate of drug-likeness (QED) is 0.521. The zero-order chi connectivity index (χ0) is 19.4. The van der Waals surface area contributed by atoms with Gasteiger partial charge in [-0.1, -0.05) is 65.2 Å². The van der Waals surface area contributed by atoms with Gasteiger partial charge in [0.2, 0.25) is 0 Å². The van der Waals surface area contributed by atoms with Gasteiger partial charge in [0, 0.05) is 11.3 Å². The largest absolute Gasteiger partial charge is 0.339 e. The first-order valence-corrected chi connectivity index (χ1v) is 10.1. The monoisotopic (exact) mass is 378 g/mol. The average Bonchev–Trinajstić information content (AvgIpc) is 2.64. The van der Waals surface area contributed by atoms with Crippen molar-refractivity contribution in [3.05, 3.63) is 95.1 Å². The summed E-state index contributed by atoms with van der Waals surface area (Å²) in [6, 6.07) is 22.0. The molecule has 0 unspecified atom stereocenters. The summed E-state index contributed by atoms with van der Waals surface area (Å²) in [5, 5.41) is 3.15. The number of amidine groups is 1. The molecule has 0 bridgehead atoms. The van der Waals surface area contributed by atoms with Crippen LogP contribution in [0.4, 0.5) is 5.69 Å². The Kier molecular flexibility index (Phi) is 5.42. The van der Waals surface area contributed by atoms with Crippen LogP contribution in [-0.2, 0) is 10.0 Å². The Bertz CT molecular complexity index is 1050. The summed E-state index contributed by atoms with van der Waals surface area (Å²) in [6.07, 6.45) is 0. The molecule has 5 heteroatoms. The van der Waals surface area contributed by atoms with Crippen LogP contribution in [0, 0.1) is 20.8 Å². The van der Waals surface area contributed by atoms with Gasteiger partial charge in [0.05, 0.1) is 4.90 Å². The lowest BCUT2D eigenvalue weighted by Crippen LogP contribution is -2.16. The molecule has 0 heterocycles. The summed E-state index contributed by atoms with van der Waals surface area (Å²) < 4.78 is 29.7. The normalized spacial score (nSPS) is 12.0. The van der Waals surface area contributed by atoms with Crippen LogP contribution in [0.3, 0.4) is 0 Å². The van der Waals surface area contributed by atoms with Crippen LogP contribution in [0.1, 0.15) is 22.3 Å². The number of benzene rings is 3. The Morgan fingerprint density at radius 1 is 0.704 bits per heavy atom. The summed E-state index contributed by atoms with van der Waals surface area (Å²) in [5.74, 6) is 0.291. The Morgan fingerprint density at radius 2 is 1.15 bits per heavy atom. The molecule has 3 aromatic carbocycles. The number of nitrogens with one attached hydrogen (secondary N) is 1. The lowest BCUT2D eigenvalue weighted by molar-refractivity contribution is 0.598. The van der Waals surface area contributed by atoms with E-state index in [0.29, 0.717) is 11.4 Å². The van der Waals surface area contributed by atoms with Crippen LogP contribution in [-0.4, -0.2) is 14.3 Å². The first-order chi connectivity index (χ1) is 12.8. The second-order valence-corrected chi connectivity index (χ2v) is 8.19. The van der Waals surface area contributed by atoms with E-state index < -0.39 is 10.0 Å². The van der Waals surface area contributed by atoms with E-state index in [9.17, 15) is 8.42 Å². The van der Waals surface area contributed by atoms with E-state index in [1.165, 1.54) is 0 Å². The number of aryl methyl sites for hydroxylation is 3. The fraction of sp³-hybridized carbons (Fsp3) is 0.136. The molecule has 0 spiro atoms. The molecule has 0 saturated carbocycles. The first kappa shape index (κ1) is 18.9. The molecule has 0 radical (unpaired) electrons. The van der Waals surface area contributed by atoms with E-state index >= 15 is 0 Å². The maximum Gasteiger partial charge on any atom is 0.284 e. The standard InChI is InChI=1S/C22H22N2O2S/c1-16-4-10-19(11-5-16)22(23-20-12-6-17(2)7-13-20)24-27(25,26)21-14-8-18(3)9-15-21/h4-15H,1-3H3,(H,23,24). The van der Waals surface area contributed by atoms with Gasteiger partial charge in [-0.15, -0.1) is 4.40 Å². The maximum absolute atomic E-state index is 12.8. The molecule has 3 aromatic rings. The summed E-state index contributed by atoms with van der Waals surface area (Å²) in [7, 11) is -3.84. The highest BCUT2D eigenvalue weighted by atomic mass is 32.2. The predicted octanol–water partition coefficient (Wildman–Crippen LogP) is 4.86. The van der Waals surface area contributed by atoms with Crippen LogP contribution in [0.5, 0.6) is 0 Å². The second kappa shape index (κ2) is 7.76. The molecule has 138 valence electrons. The zero-order valence-corrected chi connectivity index (χ0v) is 16.4. The number of sulfonamides is 1. The van der Waals surface area contributed by atoms with Crippen molar-refractivity contribution in [2.45, 2.75) is 25.7 Å². The summed E-state index contributed by atoms with van der Waals surface area (Å²) in [4.78, 5) is 0.170. The molecule has 0 aliphatic heterocycles. The van der Waals surface area contributed by atoms with Crippen molar-refractivity contribution in [3.8, 4) is 0 Å². The van der Waals surface area contributed by atoms with E-state index in [1.54, 1.807) is 24.3 Å². The molecule has 0 fully saturated rings. The molecule has 3 rings (SSSR count). The smallest absolute Gasteiger partial charge is 0.284 e. The van der Waals surface area contributed by atoms with Gasteiger partial charge in [-0.3, -0.25) is 0 Å². The maximum atomic E-state index is 12.8. The number of hydrogen-bond donors (Lipinski definition) is 1. The van der Waals surface area contributed by atoms with Gasteiger partial charge >= 0.3 is 0 Å². The van der Waals surface area contributed by atoms with Gasteiger partial charge in [-0.25, -0.2) is 0 Å². The van der Waals surface area contributed by atoms with Crippen LogP contribution in [0.2, 0.25) is 0 Å². The van der Waals surface area contributed by atoms with Gasteiger partial charge in [0.25, 0.3) is 10.0 Å². The van der Waals surface area contributed by atoms with E-state index in [4.69, 9.17) is 0 Å². The number of rotatable bonds is 4. The minimum atomic E-state index is -3.84. The van der Waals surface area contributed by atoms with Gasteiger partial charge in [-0.2, -0.15) is 8.42 Å². The lowest BCUT2D eigenvalue weighted by atomic mass is 10.1. The van der Waals surface area contributed by atoms with E-state index in [-0.39, 0.29) is 4.90 Å². The number of nitrogens with zero attached hydrogens (tertiary/aromatic N) is 1. The zero-order valence-electron chi connectivity index (χ0n) is 15.6. The van der Waals surface area contributed by atoms with Gasteiger partial charge in [0.1, 0.15) is 0 Å². The summed E-state index contributed by atoms with van der Waals surface area (Å²) >= 11 is 0. The molecule has 0 aromatic heterocycles. The molecule has 0 aliphatic rings. The molecular formula is C22H22N2O2S. The Morgan fingerprint density at radius 3 is 1.67 bits per heavy atom. The van der Waals surface area contributed by atoms with E-state index in [1.807, 2.05) is 69.3 Å². The highest BCUT2D eigenvalue weighted by Gasteiger charge is 2.16. The fourth-order valence-electron chi connectivity index (χ4n) is 2.52. The molecule has 27 heavy (non-hydrogen) atoms. The highest BCUT2D eigenvalue weighted by molar-refractivity contribution is 7.90. The third-order valence-corrected chi connectivity index (χ3v) is 5.46. The van der Waals surface area contributed by atoms with Gasteiger partial charge in [-0.05, 0) is 45.0 Å². The van der Waals surface area contributed by atoms with Crippen molar-refractivity contribution in [2.24, 2.45) is 4.40 Å². The molecule has 0 atom stereocenters. The Balaban J connectivity index is 2.04. The van der Waals surface area contributed by atoms with E-state index in [0.717, 1.165) is 22.4 Å². The van der Waals surface area contributed by atoms with Crippen molar-refractivity contribution in [3.63, 3.8) is 0 Å². The van der Waals surface area contributed by atoms with Crippen LogP contribution in [0.15, 0.2) is 82.1 Å². The molecule has 0 aliphatic carbocycles. The average molecular weight is 378 g/mol. The molecule has 4 nitrogen and oxygen atoms in total.